The van der Waals surface area contributed by atoms with Gasteiger partial charge in [0, 0.05) is 25.3 Å². The van der Waals surface area contributed by atoms with Crippen LogP contribution in [-0.4, -0.2) is 49.3 Å². The maximum absolute atomic E-state index is 13.2. The van der Waals surface area contributed by atoms with Gasteiger partial charge in [0.1, 0.15) is 5.60 Å². The van der Waals surface area contributed by atoms with Crippen molar-refractivity contribution in [3.63, 3.8) is 0 Å². The smallest absolute Gasteiger partial charge is 0.407 e. The largest absolute Gasteiger partial charge is 0.444 e. The van der Waals surface area contributed by atoms with Crippen LogP contribution in [0.3, 0.4) is 0 Å². The Bertz CT molecular complexity index is 1330. The van der Waals surface area contributed by atoms with Crippen LogP contribution >= 0.6 is 0 Å². The van der Waals surface area contributed by atoms with Crippen LogP contribution < -0.4 is 20.9 Å². The van der Waals surface area contributed by atoms with Crippen molar-refractivity contribution in [2.75, 3.05) is 35.2 Å². The van der Waals surface area contributed by atoms with Crippen molar-refractivity contribution in [1.82, 2.24) is 5.32 Å². The first kappa shape index (κ1) is 38.9. The molecule has 0 heterocycles. The normalized spacial score (nSPS) is 12.6. The van der Waals surface area contributed by atoms with E-state index >= 15 is 0 Å². The summed E-state index contributed by atoms with van der Waals surface area (Å²) in [5.74, 6) is -1.71. The third-order valence-corrected chi connectivity index (χ3v) is 7.15. The molecule has 0 aliphatic heterocycles. The molecule has 2 aromatic carbocycles. The fourth-order valence-electron chi connectivity index (χ4n) is 5.06. The van der Waals surface area contributed by atoms with Crippen molar-refractivity contribution >= 4 is 41.1 Å². The maximum atomic E-state index is 13.2. The molecule has 0 radical (unpaired) electrons. The highest BCUT2D eigenvalue weighted by Gasteiger charge is 2.29. The molecule has 11 nitrogen and oxygen atoms in total. The predicted molar refractivity (Wildman–Crippen MR) is 185 cm³/mol. The number of urea groups is 1. The predicted octanol–water partition coefficient (Wildman–Crippen LogP) is 7.80. The number of rotatable bonds is 14. The van der Waals surface area contributed by atoms with Crippen molar-refractivity contribution in [1.29, 1.82) is 0 Å². The highest BCUT2D eigenvalue weighted by atomic mass is 17.2. The number of ether oxygens (including phenoxy) is 1. The quantitative estimate of drug-likeness (QED) is 0.139. The van der Waals surface area contributed by atoms with E-state index < -0.39 is 29.6 Å². The second kappa shape index (κ2) is 18.2. The minimum absolute atomic E-state index is 0.0390. The number of hydrogen-bond donors (Lipinski definition) is 3. The van der Waals surface area contributed by atoms with E-state index in [1.165, 1.54) is 0 Å². The van der Waals surface area contributed by atoms with Gasteiger partial charge in [0.25, 0.3) is 0 Å². The lowest BCUT2D eigenvalue weighted by molar-refractivity contribution is -0.262. The van der Waals surface area contributed by atoms with Gasteiger partial charge in [0.15, 0.2) is 0 Å². The van der Waals surface area contributed by atoms with Crippen LogP contribution in [0.5, 0.6) is 0 Å². The fraction of sp³-hybridized carbons (Fsp3) is 0.556. The fourth-order valence-corrected chi connectivity index (χ4v) is 5.06. The van der Waals surface area contributed by atoms with Crippen LogP contribution in [0, 0.1) is 24.7 Å². The minimum atomic E-state index is -0.805. The van der Waals surface area contributed by atoms with Gasteiger partial charge < -0.3 is 25.6 Å². The number of carbonyl (C=O) groups excluding carboxylic acids is 4. The van der Waals surface area contributed by atoms with Gasteiger partial charge in [0.05, 0.1) is 23.7 Å². The van der Waals surface area contributed by atoms with Crippen molar-refractivity contribution in [3.8, 4) is 0 Å². The van der Waals surface area contributed by atoms with Crippen LogP contribution in [-0.2, 0) is 24.1 Å². The number of anilines is 3. The number of nitrogens with one attached hydrogen (secondary N) is 3. The molecule has 11 heteroatoms. The van der Waals surface area contributed by atoms with Gasteiger partial charge in [-0.1, -0.05) is 65.3 Å². The Kier molecular flexibility index (Phi) is 15.0. The SMILES string of the molecule is CCC(c1ccc(N(CC(C)C)CC(C)C)c(NC(=O)Nc2ccc(C)cc2)c1)C(C)C(=O)OOC(=O)CCNC(=O)OC(C)(C)C. The minimum Gasteiger partial charge on any atom is -0.444 e. The van der Waals surface area contributed by atoms with Crippen LogP contribution in [0.25, 0.3) is 0 Å². The van der Waals surface area contributed by atoms with E-state index in [0.717, 1.165) is 29.9 Å². The summed E-state index contributed by atoms with van der Waals surface area (Å²) >= 11 is 0. The van der Waals surface area contributed by atoms with E-state index in [0.29, 0.717) is 29.6 Å². The molecule has 0 aromatic heterocycles. The van der Waals surface area contributed by atoms with E-state index in [9.17, 15) is 19.2 Å². The molecule has 260 valence electrons. The standard InChI is InChI=1S/C36H54N4O7/c1-11-29(26(7)33(42)47-46-32(41)18-19-37-35(44)45-36(8,9)10)27-14-17-31(40(21-23(2)3)22-24(4)5)30(20-27)39-34(43)38-28-15-12-25(6)13-16-28/h12-17,20,23-24,26,29H,11,18-19,21-22H2,1-10H3,(H,37,44)(H2,38,39,43). The molecular weight excluding hydrogens is 600 g/mol. The van der Waals surface area contributed by atoms with Crippen molar-refractivity contribution in [3.05, 3.63) is 53.6 Å². The third kappa shape index (κ3) is 13.9. The average Bonchev–Trinajstić information content (AvgIpc) is 2.95. The molecule has 0 saturated carbocycles. The highest BCUT2D eigenvalue weighted by Crippen LogP contribution is 2.36. The Morgan fingerprint density at radius 2 is 1.47 bits per heavy atom. The summed E-state index contributed by atoms with van der Waals surface area (Å²) < 4.78 is 5.13. The molecule has 3 N–H and O–H groups in total. The summed E-state index contributed by atoms with van der Waals surface area (Å²) in [5, 5.41) is 8.41. The number of alkyl carbamates (subject to hydrolysis) is 1. The van der Waals surface area contributed by atoms with Crippen LogP contribution in [0.4, 0.5) is 26.7 Å². The first-order chi connectivity index (χ1) is 22.0. The zero-order valence-electron chi connectivity index (χ0n) is 29.7. The zero-order valence-corrected chi connectivity index (χ0v) is 29.7. The molecular formula is C36H54N4O7. The Morgan fingerprint density at radius 1 is 0.851 bits per heavy atom. The molecule has 2 rings (SSSR count). The number of aryl methyl sites for hydroxylation is 1. The number of amides is 3. The molecule has 0 saturated heterocycles. The molecule has 0 aliphatic carbocycles. The Balaban J connectivity index is 2.22. The Labute approximate surface area is 280 Å². The lowest BCUT2D eigenvalue weighted by atomic mass is 9.84. The molecule has 2 atom stereocenters. The molecule has 2 aromatic rings. The highest BCUT2D eigenvalue weighted by molar-refractivity contribution is 6.02. The van der Waals surface area contributed by atoms with Gasteiger partial charge in [-0.3, -0.25) is 0 Å². The second-order valence-corrected chi connectivity index (χ2v) is 13.8. The molecule has 0 bridgehead atoms. The Hall–Kier alpha value is -4.28. The van der Waals surface area contributed by atoms with Gasteiger partial charge in [0.2, 0.25) is 0 Å². The average molecular weight is 655 g/mol. The Morgan fingerprint density at radius 3 is 2.02 bits per heavy atom. The molecule has 3 amide bonds. The molecule has 0 spiro atoms. The lowest BCUT2D eigenvalue weighted by Gasteiger charge is -2.31. The molecule has 0 fully saturated rings. The zero-order chi connectivity index (χ0) is 35.3. The van der Waals surface area contributed by atoms with Gasteiger partial charge in [-0.15, -0.1) is 0 Å². The van der Waals surface area contributed by atoms with Crippen LogP contribution in [0.15, 0.2) is 42.5 Å². The number of nitrogens with zero attached hydrogens (tertiary/aromatic N) is 1. The number of benzene rings is 2. The van der Waals surface area contributed by atoms with Crippen LogP contribution in [0.2, 0.25) is 0 Å². The van der Waals surface area contributed by atoms with Gasteiger partial charge in [-0.05, 0) is 81.7 Å². The van der Waals surface area contributed by atoms with Crippen LogP contribution in [0.1, 0.15) is 92.2 Å². The summed E-state index contributed by atoms with van der Waals surface area (Å²) in [6.07, 6.45) is -0.284. The van der Waals surface area contributed by atoms with Crippen molar-refractivity contribution < 1.29 is 33.7 Å². The van der Waals surface area contributed by atoms with Crippen molar-refractivity contribution in [2.24, 2.45) is 17.8 Å². The van der Waals surface area contributed by atoms with E-state index in [2.05, 4.69) is 48.5 Å². The van der Waals surface area contributed by atoms with Gasteiger partial charge in [-0.2, -0.15) is 0 Å². The summed E-state index contributed by atoms with van der Waals surface area (Å²) in [6.45, 7) is 21.0. The van der Waals surface area contributed by atoms with E-state index in [1.807, 2.05) is 56.3 Å². The van der Waals surface area contributed by atoms with Gasteiger partial charge in [-0.25, -0.2) is 29.0 Å². The third-order valence-electron chi connectivity index (χ3n) is 7.15. The van der Waals surface area contributed by atoms with E-state index in [4.69, 9.17) is 14.5 Å². The van der Waals surface area contributed by atoms with E-state index in [1.54, 1.807) is 27.7 Å². The van der Waals surface area contributed by atoms with Crippen molar-refractivity contribution in [2.45, 2.75) is 93.6 Å². The maximum Gasteiger partial charge on any atom is 0.407 e. The van der Waals surface area contributed by atoms with E-state index in [-0.39, 0.29) is 24.9 Å². The second-order valence-electron chi connectivity index (χ2n) is 13.8. The molecule has 0 aliphatic rings. The summed E-state index contributed by atoms with van der Waals surface area (Å²) in [5.41, 5.74) is 3.43. The summed E-state index contributed by atoms with van der Waals surface area (Å²) in [6, 6.07) is 13.0. The first-order valence-corrected chi connectivity index (χ1v) is 16.4. The molecule has 47 heavy (non-hydrogen) atoms. The number of carbonyl (C=O) groups is 4. The monoisotopic (exact) mass is 654 g/mol. The van der Waals surface area contributed by atoms with Gasteiger partial charge >= 0.3 is 24.1 Å². The number of hydrogen-bond acceptors (Lipinski definition) is 8. The summed E-state index contributed by atoms with van der Waals surface area (Å²) in [4.78, 5) is 62.0. The first-order valence-electron chi connectivity index (χ1n) is 16.4. The lowest BCUT2D eigenvalue weighted by Crippen LogP contribution is -2.34. The summed E-state index contributed by atoms with van der Waals surface area (Å²) in [7, 11) is 0. The topological polar surface area (TPSA) is 135 Å². The molecule has 2 unspecified atom stereocenters.